The second kappa shape index (κ2) is 8.15. The van der Waals surface area contributed by atoms with Crippen LogP contribution in [0.4, 0.5) is 10.6 Å². The van der Waals surface area contributed by atoms with Crippen LogP contribution >= 0.6 is 0 Å². The van der Waals surface area contributed by atoms with Crippen molar-refractivity contribution in [2.45, 2.75) is 13.5 Å². The predicted molar refractivity (Wildman–Crippen MR) is 93.3 cm³/mol. The van der Waals surface area contributed by atoms with Gasteiger partial charge in [0.1, 0.15) is 5.82 Å². The molecule has 2 saturated heterocycles. The Morgan fingerprint density at radius 1 is 1.08 bits per heavy atom. The van der Waals surface area contributed by atoms with E-state index in [0.717, 1.165) is 37.7 Å². The molecule has 0 spiro atoms. The third kappa shape index (κ3) is 4.60. The van der Waals surface area contributed by atoms with Crippen molar-refractivity contribution in [1.82, 2.24) is 20.1 Å². The minimum Gasteiger partial charge on any atom is -0.378 e. The van der Waals surface area contributed by atoms with E-state index in [2.05, 4.69) is 15.2 Å². The first-order valence-corrected chi connectivity index (χ1v) is 8.69. The fourth-order valence-electron chi connectivity index (χ4n) is 3.01. The van der Waals surface area contributed by atoms with Crippen LogP contribution in [0.25, 0.3) is 0 Å². The average Bonchev–Trinajstić information content (AvgIpc) is 2.67. The van der Waals surface area contributed by atoms with Gasteiger partial charge in [0.15, 0.2) is 0 Å². The number of pyridine rings is 1. The van der Waals surface area contributed by atoms with Crippen molar-refractivity contribution in [2.24, 2.45) is 0 Å². The van der Waals surface area contributed by atoms with Crippen LogP contribution in [0.5, 0.6) is 0 Å². The van der Waals surface area contributed by atoms with E-state index >= 15 is 0 Å². The van der Waals surface area contributed by atoms with Crippen LogP contribution in [0.15, 0.2) is 18.3 Å². The molecule has 0 aliphatic carbocycles. The number of nitrogens with zero attached hydrogens (tertiary/aromatic N) is 4. The van der Waals surface area contributed by atoms with E-state index in [9.17, 15) is 9.59 Å². The fraction of sp³-hybridized carbons (Fsp3) is 0.588. The van der Waals surface area contributed by atoms with Gasteiger partial charge < -0.3 is 24.8 Å². The van der Waals surface area contributed by atoms with Crippen molar-refractivity contribution in [3.8, 4) is 0 Å². The minimum atomic E-state index is -0.0968. The molecule has 0 aromatic carbocycles. The van der Waals surface area contributed by atoms with E-state index < -0.39 is 0 Å². The molecule has 1 aromatic heterocycles. The Hall–Kier alpha value is -2.35. The van der Waals surface area contributed by atoms with Crippen LogP contribution in [0.3, 0.4) is 0 Å². The smallest absolute Gasteiger partial charge is 0.317 e. The summed E-state index contributed by atoms with van der Waals surface area (Å²) in [7, 11) is 0. The Balaban J connectivity index is 1.45. The van der Waals surface area contributed by atoms with Crippen LogP contribution in [0.2, 0.25) is 0 Å². The van der Waals surface area contributed by atoms with Crippen molar-refractivity contribution in [3.63, 3.8) is 0 Å². The molecule has 3 rings (SSSR count). The number of ether oxygens (including phenoxy) is 1. The van der Waals surface area contributed by atoms with E-state index in [1.54, 1.807) is 22.9 Å². The minimum absolute atomic E-state index is 0.0616. The Kier molecular flexibility index (Phi) is 5.70. The molecule has 0 unspecified atom stereocenters. The van der Waals surface area contributed by atoms with Crippen LogP contribution in [0, 0.1) is 0 Å². The molecule has 1 aromatic rings. The maximum atomic E-state index is 12.2. The number of urea groups is 1. The lowest BCUT2D eigenvalue weighted by Crippen LogP contribution is -2.52. The van der Waals surface area contributed by atoms with Gasteiger partial charge in [0.2, 0.25) is 5.91 Å². The normalized spacial score (nSPS) is 18.2. The highest BCUT2D eigenvalue weighted by Crippen LogP contribution is 2.13. The number of piperazine rings is 1. The molecular formula is C17H25N5O3. The van der Waals surface area contributed by atoms with Gasteiger partial charge in [-0.2, -0.15) is 0 Å². The molecule has 2 aliphatic heterocycles. The van der Waals surface area contributed by atoms with Gasteiger partial charge in [0.05, 0.1) is 13.2 Å². The molecule has 3 amide bonds. The first-order valence-electron chi connectivity index (χ1n) is 8.69. The lowest BCUT2D eigenvalue weighted by molar-refractivity contribution is -0.130. The summed E-state index contributed by atoms with van der Waals surface area (Å²) in [5.41, 5.74) is 0.965. The molecule has 0 saturated carbocycles. The molecule has 0 bridgehead atoms. The second-order valence-corrected chi connectivity index (χ2v) is 6.28. The molecule has 2 fully saturated rings. The van der Waals surface area contributed by atoms with Gasteiger partial charge in [0.25, 0.3) is 0 Å². The summed E-state index contributed by atoms with van der Waals surface area (Å²) in [4.78, 5) is 33.7. The molecule has 0 radical (unpaired) electrons. The predicted octanol–water partition coefficient (Wildman–Crippen LogP) is 0.292. The zero-order chi connectivity index (χ0) is 17.6. The summed E-state index contributed by atoms with van der Waals surface area (Å²) in [5, 5.41) is 2.92. The number of hydrogen-bond donors (Lipinski definition) is 1. The third-order valence-electron chi connectivity index (χ3n) is 4.60. The van der Waals surface area contributed by atoms with Crippen molar-refractivity contribution >= 4 is 17.8 Å². The topological polar surface area (TPSA) is 78.0 Å². The molecule has 8 nitrogen and oxygen atoms in total. The first kappa shape index (κ1) is 17.5. The quantitative estimate of drug-likeness (QED) is 0.850. The number of carbonyl (C=O) groups excluding carboxylic acids is 2. The number of nitrogens with one attached hydrogen (secondary N) is 1. The van der Waals surface area contributed by atoms with Crippen LogP contribution < -0.4 is 10.2 Å². The summed E-state index contributed by atoms with van der Waals surface area (Å²) < 4.78 is 5.34. The van der Waals surface area contributed by atoms with Gasteiger partial charge in [-0.1, -0.05) is 6.07 Å². The van der Waals surface area contributed by atoms with Gasteiger partial charge in [0, 0.05) is 58.9 Å². The zero-order valence-corrected chi connectivity index (χ0v) is 14.6. The van der Waals surface area contributed by atoms with Gasteiger partial charge in [-0.25, -0.2) is 9.78 Å². The largest absolute Gasteiger partial charge is 0.378 e. The van der Waals surface area contributed by atoms with Crippen molar-refractivity contribution < 1.29 is 14.3 Å². The van der Waals surface area contributed by atoms with E-state index in [4.69, 9.17) is 4.74 Å². The van der Waals surface area contributed by atoms with Crippen LogP contribution in [-0.2, 0) is 16.1 Å². The van der Waals surface area contributed by atoms with Crippen molar-refractivity contribution in [3.05, 3.63) is 23.9 Å². The monoisotopic (exact) mass is 347 g/mol. The number of hydrogen-bond acceptors (Lipinski definition) is 5. The molecule has 3 heterocycles. The Morgan fingerprint density at radius 3 is 2.36 bits per heavy atom. The summed E-state index contributed by atoms with van der Waals surface area (Å²) in [6.07, 6.45) is 1.80. The van der Waals surface area contributed by atoms with E-state index in [0.29, 0.717) is 32.7 Å². The SMILES string of the molecule is CC(=O)N1CCN(C(=O)NCc2ccc(N3CCOCC3)nc2)CC1. The number of aromatic nitrogens is 1. The molecular weight excluding hydrogens is 322 g/mol. The summed E-state index contributed by atoms with van der Waals surface area (Å²) in [5.74, 6) is 1.00. The second-order valence-electron chi connectivity index (χ2n) is 6.28. The molecule has 2 aliphatic rings. The summed E-state index contributed by atoms with van der Waals surface area (Å²) in [6.45, 7) is 7.51. The lowest BCUT2D eigenvalue weighted by atomic mass is 10.2. The third-order valence-corrected chi connectivity index (χ3v) is 4.60. The zero-order valence-electron chi connectivity index (χ0n) is 14.6. The van der Waals surface area contributed by atoms with Crippen molar-refractivity contribution in [2.75, 3.05) is 57.4 Å². The maximum absolute atomic E-state index is 12.2. The highest BCUT2D eigenvalue weighted by atomic mass is 16.5. The number of anilines is 1. The fourth-order valence-corrected chi connectivity index (χ4v) is 3.01. The van der Waals surface area contributed by atoms with Crippen molar-refractivity contribution in [1.29, 1.82) is 0 Å². The Bertz CT molecular complexity index is 593. The standard InChI is InChI=1S/C17H25N5O3/c1-14(23)20-4-6-22(7-5-20)17(24)19-13-15-2-3-16(18-12-15)21-8-10-25-11-9-21/h2-3,12H,4-11,13H2,1H3,(H,19,24). The number of carbonyl (C=O) groups is 2. The number of morpholine rings is 1. The number of amides is 3. The van der Waals surface area contributed by atoms with Gasteiger partial charge in [-0.05, 0) is 11.6 Å². The summed E-state index contributed by atoms with van der Waals surface area (Å²) in [6, 6.07) is 3.88. The molecule has 136 valence electrons. The molecule has 25 heavy (non-hydrogen) atoms. The number of rotatable bonds is 3. The van der Waals surface area contributed by atoms with Gasteiger partial charge >= 0.3 is 6.03 Å². The van der Waals surface area contributed by atoms with Gasteiger partial charge in [-0.15, -0.1) is 0 Å². The van der Waals surface area contributed by atoms with Crippen LogP contribution in [0.1, 0.15) is 12.5 Å². The molecule has 1 N–H and O–H groups in total. The summed E-state index contributed by atoms with van der Waals surface area (Å²) >= 11 is 0. The Morgan fingerprint density at radius 2 is 1.76 bits per heavy atom. The first-order chi connectivity index (χ1) is 12.1. The molecule has 0 atom stereocenters. The van der Waals surface area contributed by atoms with E-state index in [1.807, 2.05) is 12.1 Å². The van der Waals surface area contributed by atoms with E-state index in [-0.39, 0.29) is 11.9 Å². The molecule has 8 heteroatoms. The lowest BCUT2D eigenvalue weighted by Gasteiger charge is -2.34. The Labute approximate surface area is 147 Å². The average molecular weight is 347 g/mol. The van der Waals surface area contributed by atoms with Crippen LogP contribution in [-0.4, -0.2) is 79.2 Å². The van der Waals surface area contributed by atoms with Gasteiger partial charge in [-0.3, -0.25) is 4.79 Å². The highest BCUT2D eigenvalue weighted by Gasteiger charge is 2.22. The maximum Gasteiger partial charge on any atom is 0.317 e. The van der Waals surface area contributed by atoms with E-state index in [1.165, 1.54) is 0 Å². The highest BCUT2D eigenvalue weighted by molar-refractivity contribution is 5.76.